The molecule has 2 aromatic heterocycles. The molecule has 0 fully saturated rings. The summed E-state index contributed by atoms with van der Waals surface area (Å²) in [5.74, 6) is 0.0380. The second kappa shape index (κ2) is 6.66. The molecule has 0 aliphatic heterocycles. The number of anilines is 1. The van der Waals surface area contributed by atoms with E-state index in [0.29, 0.717) is 12.1 Å². The molecule has 0 spiro atoms. The van der Waals surface area contributed by atoms with Crippen LogP contribution in [-0.4, -0.2) is 30.5 Å². The summed E-state index contributed by atoms with van der Waals surface area (Å²) in [5, 5.41) is 11.2. The fourth-order valence-electron chi connectivity index (χ4n) is 2.47. The molecule has 3 rings (SSSR count). The van der Waals surface area contributed by atoms with Gasteiger partial charge in [0.15, 0.2) is 0 Å². The maximum Gasteiger partial charge on any atom is 0.261 e. The van der Waals surface area contributed by atoms with Crippen LogP contribution in [0.25, 0.3) is 0 Å². The van der Waals surface area contributed by atoms with E-state index >= 15 is 0 Å². The van der Waals surface area contributed by atoms with E-state index in [-0.39, 0.29) is 11.9 Å². The molecule has 1 N–H and O–H groups in total. The molecule has 7 heteroatoms. The van der Waals surface area contributed by atoms with Gasteiger partial charge < -0.3 is 0 Å². The van der Waals surface area contributed by atoms with Crippen LogP contribution in [0.4, 0.5) is 5.95 Å². The molecule has 0 aliphatic carbocycles. The summed E-state index contributed by atoms with van der Waals surface area (Å²) in [6, 6.07) is 8.22. The molecule has 0 bridgehead atoms. The van der Waals surface area contributed by atoms with Crippen molar-refractivity contribution in [2.75, 3.05) is 5.32 Å². The maximum absolute atomic E-state index is 12.3. The van der Waals surface area contributed by atoms with Gasteiger partial charge >= 0.3 is 0 Å². The number of benzene rings is 1. The molecule has 0 radical (unpaired) electrons. The van der Waals surface area contributed by atoms with E-state index in [1.54, 1.807) is 21.9 Å². The van der Waals surface area contributed by atoms with Gasteiger partial charge in [-0.2, -0.15) is 5.10 Å². The number of hydrogen-bond acceptors (Lipinski definition) is 4. The first-order valence-corrected chi connectivity index (χ1v) is 7.85. The molecule has 0 saturated heterocycles. The highest BCUT2D eigenvalue weighted by atomic mass is 16.1. The SMILES string of the molecule is CCn1ncc(C(=O)Nc2ncn(Cc3ccc(C)cc3)n2)c1C. The number of rotatable bonds is 5. The topological polar surface area (TPSA) is 77.6 Å². The van der Waals surface area contributed by atoms with Crippen molar-refractivity contribution in [1.82, 2.24) is 24.5 Å². The number of hydrogen-bond donors (Lipinski definition) is 1. The van der Waals surface area contributed by atoms with E-state index in [1.807, 2.05) is 13.8 Å². The summed E-state index contributed by atoms with van der Waals surface area (Å²) in [7, 11) is 0. The Morgan fingerprint density at radius 1 is 1.21 bits per heavy atom. The van der Waals surface area contributed by atoms with Crippen LogP contribution in [0.15, 0.2) is 36.8 Å². The molecule has 124 valence electrons. The quantitative estimate of drug-likeness (QED) is 0.782. The first kappa shape index (κ1) is 15.9. The lowest BCUT2D eigenvalue weighted by atomic mass is 10.1. The number of aryl methyl sites for hydroxylation is 2. The summed E-state index contributed by atoms with van der Waals surface area (Å²) in [6.45, 7) is 7.23. The third-order valence-electron chi connectivity index (χ3n) is 3.87. The molecule has 24 heavy (non-hydrogen) atoms. The van der Waals surface area contributed by atoms with Crippen LogP contribution in [0.5, 0.6) is 0 Å². The highest BCUT2D eigenvalue weighted by Crippen LogP contribution is 2.10. The average Bonchev–Trinajstić information content (AvgIpc) is 3.16. The smallest absolute Gasteiger partial charge is 0.261 e. The van der Waals surface area contributed by atoms with Crippen molar-refractivity contribution in [3.8, 4) is 0 Å². The van der Waals surface area contributed by atoms with E-state index in [9.17, 15) is 4.79 Å². The Balaban J connectivity index is 1.68. The third kappa shape index (κ3) is 3.34. The fourth-order valence-corrected chi connectivity index (χ4v) is 2.47. The van der Waals surface area contributed by atoms with Crippen molar-refractivity contribution >= 4 is 11.9 Å². The molecule has 7 nitrogen and oxygen atoms in total. The molecule has 0 saturated carbocycles. The predicted molar refractivity (Wildman–Crippen MR) is 90.9 cm³/mol. The zero-order valence-electron chi connectivity index (χ0n) is 14.0. The van der Waals surface area contributed by atoms with Crippen molar-refractivity contribution < 1.29 is 4.79 Å². The molecule has 0 unspecified atom stereocenters. The first-order valence-electron chi connectivity index (χ1n) is 7.85. The van der Waals surface area contributed by atoms with Gasteiger partial charge in [0.05, 0.1) is 18.3 Å². The van der Waals surface area contributed by atoms with Gasteiger partial charge in [-0.25, -0.2) is 9.67 Å². The summed E-state index contributed by atoms with van der Waals surface area (Å²) >= 11 is 0. The van der Waals surface area contributed by atoms with Crippen LogP contribution in [-0.2, 0) is 13.1 Å². The van der Waals surface area contributed by atoms with E-state index in [2.05, 4.69) is 51.7 Å². The first-order chi connectivity index (χ1) is 11.6. The van der Waals surface area contributed by atoms with Crippen LogP contribution >= 0.6 is 0 Å². The summed E-state index contributed by atoms with van der Waals surface area (Å²) in [6.07, 6.45) is 3.18. The highest BCUT2D eigenvalue weighted by Gasteiger charge is 2.15. The van der Waals surface area contributed by atoms with Crippen molar-refractivity contribution in [2.24, 2.45) is 0 Å². The average molecular weight is 324 g/mol. The maximum atomic E-state index is 12.3. The fraction of sp³-hybridized carbons (Fsp3) is 0.294. The van der Waals surface area contributed by atoms with Gasteiger partial charge in [-0.1, -0.05) is 29.8 Å². The van der Waals surface area contributed by atoms with Crippen molar-refractivity contribution in [3.63, 3.8) is 0 Å². The normalized spacial score (nSPS) is 10.8. The van der Waals surface area contributed by atoms with Crippen molar-refractivity contribution in [1.29, 1.82) is 0 Å². The Bertz CT molecular complexity index is 846. The highest BCUT2D eigenvalue weighted by molar-refractivity contribution is 6.03. The zero-order valence-corrected chi connectivity index (χ0v) is 14.0. The molecule has 3 aromatic rings. The van der Waals surface area contributed by atoms with Crippen LogP contribution < -0.4 is 5.32 Å². The van der Waals surface area contributed by atoms with Gasteiger partial charge in [-0.3, -0.25) is 14.8 Å². The largest absolute Gasteiger partial charge is 0.289 e. The van der Waals surface area contributed by atoms with Crippen LogP contribution in [0.3, 0.4) is 0 Å². The van der Waals surface area contributed by atoms with Crippen molar-refractivity contribution in [3.05, 3.63) is 59.2 Å². The monoisotopic (exact) mass is 324 g/mol. The van der Waals surface area contributed by atoms with Gasteiger partial charge in [-0.15, -0.1) is 5.10 Å². The second-order valence-corrected chi connectivity index (χ2v) is 5.66. The van der Waals surface area contributed by atoms with Gasteiger partial charge in [0.2, 0.25) is 5.95 Å². The summed E-state index contributed by atoms with van der Waals surface area (Å²) in [4.78, 5) is 16.5. The van der Waals surface area contributed by atoms with Crippen LogP contribution in [0.2, 0.25) is 0 Å². The third-order valence-corrected chi connectivity index (χ3v) is 3.87. The molecule has 2 heterocycles. The Morgan fingerprint density at radius 3 is 2.62 bits per heavy atom. The van der Waals surface area contributed by atoms with Crippen molar-refractivity contribution in [2.45, 2.75) is 33.9 Å². The number of nitrogens with one attached hydrogen (secondary N) is 1. The standard InChI is InChI=1S/C17H20N6O/c1-4-23-13(3)15(9-19-23)16(24)20-17-18-11-22(21-17)10-14-7-5-12(2)6-8-14/h5-9,11H,4,10H2,1-3H3,(H,20,21,24). The number of carbonyl (C=O) groups excluding carboxylic acids is 1. The van der Waals surface area contributed by atoms with E-state index < -0.39 is 0 Å². The lowest BCUT2D eigenvalue weighted by molar-refractivity contribution is 0.102. The Labute approximate surface area is 140 Å². The summed E-state index contributed by atoms with van der Waals surface area (Å²) < 4.78 is 3.47. The minimum absolute atomic E-state index is 0.250. The van der Waals surface area contributed by atoms with E-state index in [4.69, 9.17) is 0 Å². The van der Waals surface area contributed by atoms with E-state index in [0.717, 1.165) is 17.8 Å². The van der Waals surface area contributed by atoms with Gasteiger partial charge in [0, 0.05) is 12.2 Å². The Kier molecular flexibility index (Phi) is 4.41. The minimum Gasteiger partial charge on any atom is -0.289 e. The molecular weight excluding hydrogens is 304 g/mol. The second-order valence-electron chi connectivity index (χ2n) is 5.66. The number of aromatic nitrogens is 5. The van der Waals surface area contributed by atoms with Gasteiger partial charge in [0.25, 0.3) is 5.91 Å². The van der Waals surface area contributed by atoms with E-state index in [1.165, 1.54) is 5.56 Å². The number of carbonyl (C=O) groups is 1. The van der Waals surface area contributed by atoms with Crippen LogP contribution in [0, 0.1) is 13.8 Å². The molecule has 0 atom stereocenters. The van der Waals surface area contributed by atoms with Gasteiger partial charge in [-0.05, 0) is 26.3 Å². The number of nitrogens with zero attached hydrogens (tertiary/aromatic N) is 5. The Morgan fingerprint density at radius 2 is 1.96 bits per heavy atom. The Hall–Kier alpha value is -2.96. The lowest BCUT2D eigenvalue weighted by Gasteiger charge is -2.03. The summed E-state index contributed by atoms with van der Waals surface area (Å²) in [5.41, 5.74) is 3.71. The molecule has 1 amide bonds. The van der Waals surface area contributed by atoms with Gasteiger partial charge in [0.1, 0.15) is 6.33 Å². The molecule has 0 aliphatic rings. The molecule has 1 aromatic carbocycles. The lowest BCUT2D eigenvalue weighted by Crippen LogP contribution is -2.14. The molecular formula is C17H20N6O. The zero-order chi connectivity index (χ0) is 17.1. The minimum atomic E-state index is -0.250. The predicted octanol–water partition coefficient (Wildman–Crippen LogP) is 2.41. The van der Waals surface area contributed by atoms with Crippen LogP contribution in [0.1, 0.15) is 34.1 Å². The number of amides is 1.